The van der Waals surface area contributed by atoms with Gasteiger partial charge in [-0.05, 0) is 30.3 Å². The summed E-state index contributed by atoms with van der Waals surface area (Å²) in [7, 11) is 1.67. The average Bonchev–Trinajstić information content (AvgIpc) is 3.22. The Bertz CT molecular complexity index is 911. The van der Waals surface area contributed by atoms with Crippen molar-refractivity contribution in [1.82, 2.24) is 8.75 Å². The molecule has 0 N–H and O–H groups in total. The molecule has 0 bridgehead atoms. The molecule has 2 aromatic carbocycles. The third kappa shape index (κ3) is 4.01. The van der Waals surface area contributed by atoms with Gasteiger partial charge < -0.3 is 19.3 Å². The van der Waals surface area contributed by atoms with Gasteiger partial charge in [0.15, 0.2) is 0 Å². The van der Waals surface area contributed by atoms with Gasteiger partial charge in [-0.1, -0.05) is 18.2 Å². The first kappa shape index (κ1) is 18.5. The van der Waals surface area contributed by atoms with E-state index >= 15 is 0 Å². The molecule has 1 aliphatic heterocycles. The highest BCUT2D eigenvalue weighted by molar-refractivity contribution is 6.99. The number of halogens is 1. The molecule has 4 rings (SSSR count). The molecule has 3 aromatic rings. The van der Waals surface area contributed by atoms with Crippen LogP contribution in [0.25, 0.3) is 0 Å². The van der Waals surface area contributed by atoms with E-state index in [1.165, 1.54) is 11.8 Å². The summed E-state index contributed by atoms with van der Waals surface area (Å²) in [5, 5.41) is 0. The largest absolute Gasteiger partial charge is 0.497 e. The second-order valence-corrected chi connectivity index (χ2v) is 6.97. The van der Waals surface area contributed by atoms with E-state index < -0.39 is 0 Å². The summed E-state index contributed by atoms with van der Waals surface area (Å²) in [6, 6.07) is 14.7. The fourth-order valence-corrected chi connectivity index (χ4v) is 3.71. The minimum absolute atomic E-state index is 0.136. The fraction of sp³-hybridized carbons (Fsp3) is 0.300. The van der Waals surface area contributed by atoms with Crippen LogP contribution in [0.2, 0.25) is 0 Å². The highest BCUT2D eigenvalue weighted by Gasteiger charge is 2.23. The lowest BCUT2D eigenvalue weighted by Crippen LogP contribution is -2.46. The van der Waals surface area contributed by atoms with Crippen molar-refractivity contribution in [2.45, 2.75) is 6.61 Å². The Balaban J connectivity index is 1.37. The van der Waals surface area contributed by atoms with E-state index in [-0.39, 0.29) is 12.4 Å². The van der Waals surface area contributed by atoms with Crippen molar-refractivity contribution in [2.75, 3.05) is 43.1 Å². The number of hydrogen-bond acceptors (Lipinski definition) is 7. The van der Waals surface area contributed by atoms with Gasteiger partial charge in [0.25, 0.3) is 5.88 Å². The van der Waals surface area contributed by atoms with Gasteiger partial charge in [0.2, 0.25) is 5.82 Å². The number of anilines is 2. The van der Waals surface area contributed by atoms with Gasteiger partial charge in [-0.3, -0.25) is 0 Å². The molecule has 0 amide bonds. The Morgan fingerprint density at radius 2 is 1.68 bits per heavy atom. The van der Waals surface area contributed by atoms with E-state index in [0.717, 1.165) is 49.5 Å². The number of nitrogens with zero attached hydrogens (tertiary/aromatic N) is 4. The molecule has 0 radical (unpaired) electrons. The highest BCUT2D eigenvalue weighted by atomic mass is 32.1. The zero-order chi connectivity index (χ0) is 19.3. The Labute approximate surface area is 167 Å². The van der Waals surface area contributed by atoms with Crippen molar-refractivity contribution in [1.29, 1.82) is 0 Å². The van der Waals surface area contributed by atoms with Gasteiger partial charge >= 0.3 is 0 Å². The Hall–Kier alpha value is -2.87. The van der Waals surface area contributed by atoms with Gasteiger partial charge in [-0.25, -0.2) is 4.39 Å². The molecule has 8 heteroatoms. The van der Waals surface area contributed by atoms with Crippen LogP contribution in [0.3, 0.4) is 0 Å². The van der Waals surface area contributed by atoms with E-state index in [2.05, 4.69) is 30.7 Å². The molecule has 146 valence electrons. The molecular formula is C20H21FN4O2S. The van der Waals surface area contributed by atoms with Crippen molar-refractivity contribution >= 4 is 23.2 Å². The van der Waals surface area contributed by atoms with Crippen LogP contribution in [0.5, 0.6) is 11.6 Å². The van der Waals surface area contributed by atoms with Crippen LogP contribution in [0.15, 0.2) is 48.5 Å². The average molecular weight is 400 g/mol. The highest BCUT2D eigenvalue weighted by Crippen LogP contribution is 2.29. The molecule has 1 saturated heterocycles. The number of piperazine rings is 1. The zero-order valence-electron chi connectivity index (χ0n) is 15.5. The minimum Gasteiger partial charge on any atom is -0.497 e. The Morgan fingerprint density at radius 3 is 2.39 bits per heavy atom. The first-order valence-electron chi connectivity index (χ1n) is 9.07. The van der Waals surface area contributed by atoms with Gasteiger partial charge in [0.05, 0.1) is 18.8 Å². The first-order chi connectivity index (χ1) is 13.7. The Morgan fingerprint density at radius 1 is 0.964 bits per heavy atom. The standard InChI is InChI=1S/C20H21FN4O2S/c1-26-17-8-6-16(7-9-17)24-10-12-25(13-11-24)19-20(23-28-22-19)27-14-15-4-2-3-5-18(15)21/h2-9H,10-14H2,1H3. The lowest BCUT2D eigenvalue weighted by Gasteiger charge is -2.36. The predicted octanol–water partition coefficient (Wildman–Crippen LogP) is 3.59. The van der Waals surface area contributed by atoms with E-state index in [1.807, 2.05) is 12.1 Å². The molecule has 1 fully saturated rings. The van der Waals surface area contributed by atoms with E-state index in [4.69, 9.17) is 9.47 Å². The summed E-state index contributed by atoms with van der Waals surface area (Å²) in [4.78, 5) is 4.50. The number of benzene rings is 2. The molecule has 6 nitrogen and oxygen atoms in total. The van der Waals surface area contributed by atoms with Gasteiger partial charge in [-0.15, -0.1) is 4.37 Å². The van der Waals surface area contributed by atoms with Crippen molar-refractivity contribution in [3.05, 3.63) is 59.9 Å². The van der Waals surface area contributed by atoms with Crippen LogP contribution < -0.4 is 19.3 Å². The van der Waals surface area contributed by atoms with Crippen molar-refractivity contribution < 1.29 is 13.9 Å². The summed E-state index contributed by atoms with van der Waals surface area (Å²) in [5.74, 6) is 1.77. The normalized spacial score (nSPS) is 14.2. The topological polar surface area (TPSA) is 50.7 Å². The Kier molecular flexibility index (Phi) is 5.57. The lowest BCUT2D eigenvalue weighted by atomic mass is 10.2. The molecule has 1 aromatic heterocycles. The van der Waals surface area contributed by atoms with Crippen molar-refractivity contribution in [3.8, 4) is 11.6 Å². The van der Waals surface area contributed by atoms with Crippen LogP contribution in [0.4, 0.5) is 15.9 Å². The number of ether oxygens (including phenoxy) is 2. The number of methoxy groups -OCH3 is 1. The van der Waals surface area contributed by atoms with E-state index in [1.54, 1.807) is 25.3 Å². The fourth-order valence-electron chi connectivity index (χ4n) is 3.19. The molecule has 0 saturated carbocycles. The second-order valence-electron chi connectivity index (χ2n) is 6.45. The third-order valence-corrected chi connectivity index (χ3v) is 5.28. The van der Waals surface area contributed by atoms with Crippen LogP contribution in [0.1, 0.15) is 5.56 Å². The maximum absolute atomic E-state index is 13.8. The molecule has 28 heavy (non-hydrogen) atoms. The van der Waals surface area contributed by atoms with Gasteiger partial charge in [0.1, 0.15) is 18.2 Å². The number of rotatable bonds is 6. The second kappa shape index (κ2) is 8.43. The molecule has 0 aliphatic carbocycles. The van der Waals surface area contributed by atoms with Crippen molar-refractivity contribution in [2.24, 2.45) is 0 Å². The van der Waals surface area contributed by atoms with Crippen LogP contribution in [-0.4, -0.2) is 42.0 Å². The molecule has 0 atom stereocenters. The maximum atomic E-state index is 13.8. The van der Waals surface area contributed by atoms with Gasteiger partial charge in [0, 0.05) is 37.4 Å². The van der Waals surface area contributed by atoms with E-state index in [0.29, 0.717) is 11.4 Å². The monoisotopic (exact) mass is 400 g/mol. The maximum Gasteiger partial charge on any atom is 0.271 e. The molecule has 1 aliphatic rings. The zero-order valence-corrected chi connectivity index (χ0v) is 16.4. The molecule has 0 spiro atoms. The number of aromatic nitrogens is 2. The SMILES string of the molecule is COc1ccc(N2CCN(c3nsnc3OCc3ccccc3F)CC2)cc1. The smallest absolute Gasteiger partial charge is 0.271 e. The lowest BCUT2D eigenvalue weighted by molar-refractivity contribution is 0.290. The summed E-state index contributed by atoms with van der Waals surface area (Å²) < 4.78 is 33.4. The summed E-state index contributed by atoms with van der Waals surface area (Å²) >= 11 is 1.11. The summed E-state index contributed by atoms with van der Waals surface area (Å²) in [6.45, 7) is 3.51. The third-order valence-electron chi connectivity index (χ3n) is 4.78. The quantitative estimate of drug-likeness (QED) is 0.630. The van der Waals surface area contributed by atoms with Gasteiger partial charge in [-0.2, -0.15) is 4.37 Å². The molecule has 0 unspecified atom stereocenters. The first-order valence-corrected chi connectivity index (χ1v) is 9.80. The van der Waals surface area contributed by atoms with E-state index in [9.17, 15) is 4.39 Å². The molecular weight excluding hydrogens is 379 g/mol. The summed E-state index contributed by atoms with van der Waals surface area (Å²) in [5.41, 5.74) is 1.68. The summed E-state index contributed by atoms with van der Waals surface area (Å²) in [6.07, 6.45) is 0. The van der Waals surface area contributed by atoms with Crippen molar-refractivity contribution in [3.63, 3.8) is 0 Å². The molecule has 2 heterocycles. The number of hydrogen-bond donors (Lipinski definition) is 0. The minimum atomic E-state index is -0.277. The predicted molar refractivity (Wildman–Crippen MR) is 108 cm³/mol. The van der Waals surface area contributed by atoms with Crippen LogP contribution in [-0.2, 0) is 6.61 Å². The van der Waals surface area contributed by atoms with Crippen LogP contribution in [0, 0.1) is 5.82 Å². The van der Waals surface area contributed by atoms with Crippen LogP contribution >= 0.6 is 11.7 Å².